The van der Waals surface area contributed by atoms with Gasteiger partial charge in [0.25, 0.3) is 5.69 Å². The minimum atomic E-state index is -0.415. The predicted molar refractivity (Wildman–Crippen MR) is 105 cm³/mol. The van der Waals surface area contributed by atoms with Crippen LogP contribution in [0.4, 0.5) is 11.4 Å². The average molecular weight is 393 g/mol. The highest BCUT2D eigenvalue weighted by Crippen LogP contribution is 2.20. The number of benzene rings is 2. The number of non-ortho nitro benzene ring substituents is 1. The van der Waals surface area contributed by atoms with Gasteiger partial charge >= 0.3 is 0 Å². The summed E-state index contributed by atoms with van der Waals surface area (Å²) in [6, 6.07) is 15.9. The molecule has 1 aliphatic rings. The molecule has 1 aliphatic heterocycles. The van der Waals surface area contributed by atoms with E-state index in [4.69, 9.17) is 0 Å². The number of rotatable bonds is 5. The van der Waals surface area contributed by atoms with Crippen molar-refractivity contribution in [3.05, 3.63) is 64.7 Å². The fraction of sp³-hybridized carbons (Fsp3) is 0.263. The number of hydrogen-bond donors (Lipinski definition) is 0. The summed E-state index contributed by atoms with van der Waals surface area (Å²) in [5.41, 5.74) is 1.83. The van der Waals surface area contributed by atoms with E-state index in [0.29, 0.717) is 32.0 Å². The monoisotopic (exact) mass is 393 g/mol. The zero-order valence-corrected chi connectivity index (χ0v) is 15.6. The number of hydrogen-bond acceptors (Lipinski definition) is 7. The molecule has 0 spiro atoms. The van der Waals surface area contributed by atoms with Crippen molar-refractivity contribution in [3.8, 4) is 11.4 Å². The Morgan fingerprint density at radius 1 is 1.00 bits per heavy atom. The molecule has 10 heteroatoms. The third kappa shape index (κ3) is 4.21. The Labute approximate surface area is 166 Å². The fourth-order valence-electron chi connectivity index (χ4n) is 3.23. The summed E-state index contributed by atoms with van der Waals surface area (Å²) in [6.45, 7) is 2.48. The van der Waals surface area contributed by atoms with Crippen LogP contribution >= 0.6 is 0 Å². The summed E-state index contributed by atoms with van der Waals surface area (Å²) in [5, 5.41) is 23.0. The van der Waals surface area contributed by atoms with Crippen molar-refractivity contribution in [2.24, 2.45) is 0 Å². The Kier molecular flexibility index (Phi) is 5.14. The van der Waals surface area contributed by atoms with Gasteiger partial charge in [0.15, 0.2) is 0 Å². The Balaban J connectivity index is 1.32. The van der Waals surface area contributed by atoms with E-state index in [9.17, 15) is 14.9 Å². The number of carbonyl (C=O) groups excluding carboxylic acids is 1. The zero-order valence-electron chi connectivity index (χ0n) is 15.6. The first-order valence-electron chi connectivity index (χ1n) is 9.20. The molecule has 0 atom stereocenters. The summed E-state index contributed by atoms with van der Waals surface area (Å²) in [7, 11) is 0. The smallest absolute Gasteiger partial charge is 0.269 e. The third-order valence-corrected chi connectivity index (χ3v) is 4.82. The first-order chi connectivity index (χ1) is 14.1. The molecule has 148 valence electrons. The standard InChI is InChI=1S/C19H19N7O3/c27-18(14-25-21-19(20-22-25)15-4-2-1-3-5-15)24-12-10-23(11-13-24)16-6-8-17(9-7-16)26(28)29/h1-9H,10-14H2. The molecule has 0 aliphatic carbocycles. The van der Waals surface area contributed by atoms with Crippen molar-refractivity contribution >= 4 is 17.3 Å². The van der Waals surface area contributed by atoms with Crippen molar-refractivity contribution in [1.82, 2.24) is 25.1 Å². The number of anilines is 1. The van der Waals surface area contributed by atoms with Crippen molar-refractivity contribution in [2.45, 2.75) is 6.54 Å². The average Bonchev–Trinajstić information content (AvgIpc) is 3.23. The van der Waals surface area contributed by atoms with Gasteiger partial charge in [0.05, 0.1) is 4.92 Å². The molecule has 0 radical (unpaired) electrons. The van der Waals surface area contributed by atoms with Gasteiger partial charge in [-0.15, -0.1) is 10.2 Å². The van der Waals surface area contributed by atoms with Gasteiger partial charge < -0.3 is 9.80 Å². The third-order valence-electron chi connectivity index (χ3n) is 4.82. The second-order valence-electron chi connectivity index (χ2n) is 6.65. The molecule has 4 rings (SSSR count). The maximum absolute atomic E-state index is 12.6. The molecule has 1 amide bonds. The molecule has 0 saturated carbocycles. The Bertz CT molecular complexity index is 996. The van der Waals surface area contributed by atoms with E-state index >= 15 is 0 Å². The maximum atomic E-state index is 12.6. The number of amides is 1. The lowest BCUT2D eigenvalue weighted by Crippen LogP contribution is -2.49. The van der Waals surface area contributed by atoms with E-state index in [1.165, 1.54) is 16.9 Å². The van der Waals surface area contributed by atoms with Crippen molar-refractivity contribution in [3.63, 3.8) is 0 Å². The van der Waals surface area contributed by atoms with E-state index in [2.05, 4.69) is 20.3 Å². The van der Waals surface area contributed by atoms with Crippen LogP contribution in [0, 0.1) is 10.1 Å². The predicted octanol–water partition coefficient (Wildman–Crippen LogP) is 1.60. The van der Waals surface area contributed by atoms with Crippen LogP contribution in [0.5, 0.6) is 0 Å². The summed E-state index contributed by atoms with van der Waals surface area (Å²) in [6.07, 6.45) is 0. The second kappa shape index (κ2) is 8.05. The van der Waals surface area contributed by atoms with Gasteiger partial charge in [-0.25, -0.2) is 0 Å². The van der Waals surface area contributed by atoms with Gasteiger partial charge in [-0.05, 0) is 17.3 Å². The number of carbonyl (C=O) groups is 1. The minimum Gasteiger partial charge on any atom is -0.368 e. The van der Waals surface area contributed by atoms with E-state index in [1.54, 1.807) is 17.0 Å². The molecular formula is C19H19N7O3. The van der Waals surface area contributed by atoms with Gasteiger partial charge in [-0.3, -0.25) is 14.9 Å². The van der Waals surface area contributed by atoms with Gasteiger partial charge in [-0.1, -0.05) is 30.3 Å². The Hall–Kier alpha value is -3.82. The molecule has 29 heavy (non-hydrogen) atoms. The first kappa shape index (κ1) is 18.5. The van der Waals surface area contributed by atoms with Crippen molar-refractivity contribution in [1.29, 1.82) is 0 Å². The number of nitro benzene ring substituents is 1. The molecular weight excluding hydrogens is 374 g/mol. The van der Waals surface area contributed by atoms with Crippen LogP contribution in [0.15, 0.2) is 54.6 Å². The normalized spacial score (nSPS) is 14.1. The van der Waals surface area contributed by atoms with Crippen LogP contribution < -0.4 is 4.90 Å². The lowest BCUT2D eigenvalue weighted by molar-refractivity contribution is -0.384. The molecule has 0 unspecified atom stereocenters. The molecule has 1 fully saturated rings. The number of tetrazole rings is 1. The number of nitro groups is 1. The van der Waals surface area contributed by atoms with Gasteiger partial charge in [0.2, 0.25) is 11.7 Å². The highest BCUT2D eigenvalue weighted by Gasteiger charge is 2.22. The van der Waals surface area contributed by atoms with Gasteiger partial charge in [0, 0.05) is 49.6 Å². The summed E-state index contributed by atoms with van der Waals surface area (Å²) in [5.74, 6) is 0.423. The van der Waals surface area contributed by atoms with Crippen LogP contribution in [-0.4, -0.2) is 62.1 Å². The largest absolute Gasteiger partial charge is 0.368 e. The van der Waals surface area contributed by atoms with E-state index in [1.807, 2.05) is 30.3 Å². The van der Waals surface area contributed by atoms with Crippen LogP contribution in [0.25, 0.3) is 11.4 Å². The molecule has 2 heterocycles. The van der Waals surface area contributed by atoms with Crippen molar-refractivity contribution < 1.29 is 9.72 Å². The maximum Gasteiger partial charge on any atom is 0.269 e. The van der Waals surface area contributed by atoms with Crippen molar-refractivity contribution in [2.75, 3.05) is 31.1 Å². The quantitative estimate of drug-likeness (QED) is 0.478. The van der Waals surface area contributed by atoms with Crippen LogP contribution in [0.1, 0.15) is 0 Å². The lowest BCUT2D eigenvalue weighted by atomic mass is 10.2. The number of piperazine rings is 1. The SMILES string of the molecule is O=C(Cn1nnc(-c2ccccc2)n1)N1CCN(c2ccc([N+](=O)[O-])cc2)CC1. The van der Waals surface area contributed by atoms with Gasteiger partial charge in [-0.2, -0.15) is 4.80 Å². The minimum absolute atomic E-state index is 0.0391. The topological polar surface area (TPSA) is 110 Å². The van der Waals surface area contributed by atoms with Gasteiger partial charge in [0.1, 0.15) is 6.54 Å². The number of nitrogens with zero attached hydrogens (tertiary/aromatic N) is 7. The Morgan fingerprint density at radius 3 is 2.34 bits per heavy atom. The molecule has 0 bridgehead atoms. The summed E-state index contributed by atoms with van der Waals surface area (Å²) < 4.78 is 0. The first-order valence-corrected chi connectivity index (χ1v) is 9.20. The molecule has 1 saturated heterocycles. The van der Waals surface area contributed by atoms with Crippen LogP contribution in [0.3, 0.4) is 0 Å². The number of aromatic nitrogens is 4. The van der Waals surface area contributed by atoms with E-state index in [-0.39, 0.29) is 18.1 Å². The molecule has 3 aromatic rings. The zero-order chi connectivity index (χ0) is 20.2. The Morgan fingerprint density at radius 2 is 1.69 bits per heavy atom. The lowest BCUT2D eigenvalue weighted by Gasteiger charge is -2.36. The molecule has 0 N–H and O–H groups in total. The second-order valence-corrected chi connectivity index (χ2v) is 6.65. The van der Waals surface area contributed by atoms with Crippen LogP contribution in [-0.2, 0) is 11.3 Å². The highest BCUT2D eigenvalue weighted by atomic mass is 16.6. The summed E-state index contributed by atoms with van der Waals surface area (Å²) >= 11 is 0. The summed E-state index contributed by atoms with van der Waals surface area (Å²) in [4.78, 5) is 28.1. The molecule has 1 aromatic heterocycles. The highest BCUT2D eigenvalue weighted by molar-refractivity contribution is 5.76. The van der Waals surface area contributed by atoms with E-state index < -0.39 is 4.92 Å². The fourth-order valence-corrected chi connectivity index (χ4v) is 3.23. The molecule has 2 aromatic carbocycles. The van der Waals surface area contributed by atoms with E-state index in [0.717, 1.165) is 11.3 Å². The van der Waals surface area contributed by atoms with Crippen LogP contribution in [0.2, 0.25) is 0 Å². The molecule has 10 nitrogen and oxygen atoms in total.